The van der Waals surface area contributed by atoms with Gasteiger partial charge >= 0.3 is 6.03 Å². The van der Waals surface area contributed by atoms with Crippen LogP contribution in [0.1, 0.15) is 53.6 Å². The molecule has 2 aromatic carbocycles. The summed E-state index contributed by atoms with van der Waals surface area (Å²) >= 11 is 0. The number of hydrogen-bond donors (Lipinski definition) is 3. The molecule has 2 heterocycles. The molecule has 0 bridgehead atoms. The second-order valence-electron chi connectivity index (χ2n) is 9.63. The summed E-state index contributed by atoms with van der Waals surface area (Å²) in [6.07, 6.45) is 3.13. The lowest BCUT2D eigenvalue weighted by Crippen LogP contribution is -2.40. The minimum absolute atomic E-state index is 0.123. The van der Waals surface area contributed by atoms with Gasteiger partial charge in [0.25, 0.3) is 15.9 Å². The highest BCUT2D eigenvalue weighted by molar-refractivity contribution is 7.90. The largest absolute Gasteiger partial charge is 0.355 e. The number of urea groups is 1. The third kappa shape index (κ3) is 6.92. The van der Waals surface area contributed by atoms with Gasteiger partial charge in [-0.15, -0.1) is 0 Å². The number of rotatable bonds is 8. The summed E-state index contributed by atoms with van der Waals surface area (Å²) in [5.74, 6) is -0.921. The van der Waals surface area contributed by atoms with E-state index >= 15 is 0 Å². The number of piperidine rings is 1. The Balaban J connectivity index is 1.60. The van der Waals surface area contributed by atoms with Gasteiger partial charge in [-0.25, -0.2) is 23.3 Å². The van der Waals surface area contributed by atoms with Gasteiger partial charge in [0, 0.05) is 37.6 Å². The molecule has 40 heavy (non-hydrogen) atoms. The number of amides is 3. The summed E-state index contributed by atoms with van der Waals surface area (Å²) in [5.41, 5.74) is 2.28. The van der Waals surface area contributed by atoms with Crippen LogP contribution in [0.4, 0.5) is 25.0 Å². The lowest BCUT2D eigenvalue weighted by molar-refractivity contribution is 0.0713. The van der Waals surface area contributed by atoms with E-state index in [0.717, 1.165) is 11.8 Å². The van der Waals surface area contributed by atoms with Crippen molar-refractivity contribution in [2.45, 2.75) is 44.1 Å². The molecule has 3 N–H and O–H groups in total. The number of likely N-dealkylation sites (tertiary alicyclic amines) is 1. The Labute approximate surface area is 232 Å². The van der Waals surface area contributed by atoms with E-state index in [4.69, 9.17) is 0 Å². The van der Waals surface area contributed by atoms with Gasteiger partial charge < -0.3 is 15.5 Å². The Morgan fingerprint density at radius 3 is 2.33 bits per heavy atom. The van der Waals surface area contributed by atoms with Crippen molar-refractivity contribution in [3.63, 3.8) is 0 Å². The van der Waals surface area contributed by atoms with E-state index in [1.807, 2.05) is 11.6 Å². The molecule has 1 aliphatic heterocycles. The zero-order valence-electron chi connectivity index (χ0n) is 22.2. The first-order chi connectivity index (χ1) is 19.1. The Kier molecular flexibility index (Phi) is 8.98. The smallest absolute Gasteiger partial charge is 0.328 e. The van der Waals surface area contributed by atoms with Gasteiger partial charge in [0.05, 0.1) is 11.3 Å². The highest BCUT2D eigenvalue weighted by Gasteiger charge is 2.28. The number of hydrogen-bond acceptors (Lipinski definition) is 6. The molecular weight excluding hydrogens is 540 g/mol. The Hall–Kier alpha value is -4.06. The van der Waals surface area contributed by atoms with Crippen molar-refractivity contribution >= 4 is 33.3 Å². The van der Waals surface area contributed by atoms with Crippen LogP contribution in [-0.2, 0) is 10.0 Å². The van der Waals surface area contributed by atoms with Gasteiger partial charge in [-0.05, 0) is 73.6 Å². The van der Waals surface area contributed by atoms with Crippen molar-refractivity contribution < 1.29 is 26.8 Å². The first-order valence-electron chi connectivity index (χ1n) is 13.0. The van der Waals surface area contributed by atoms with E-state index in [1.165, 1.54) is 36.4 Å². The topological polar surface area (TPSA) is 120 Å². The molecule has 1 saturated heterocycles. The van der Waals surface area contributed by atoms with Crippen molar-refractivity contribution in [1.29, 1.82) is 0 Å². The Morgan fingerprint density at radius 1 is 1.00 bits per heavy atom. The van der Waals surface area contributed by atoms with Gasteiger partial charge in [-0.3, -0.25) is 4.79 Å². The van der Waals surface area contributed by atoms with Gasteiger partial charge in [0.15, 0.2) is 5.03 Å². The van der Waals surface area contributed by atoms with Crippen molar-refractivity contribution in [2.24, 2.45) is 0 Å². The molecular formula is C28H31F2N5O4S. The Morgan fingerprint density at radius 2 is 1.68 bits per heavy atom. The average molecular weight is 572 g/mol. The van der Waals surface area contributed by atoms with Crippen LogP contribution in [0, 0.1) is 18.6 Å². The van der Waals surface area contributed by atoms with E-state index in [0.29, 0.717) is 43.6 Å². The SMILES string of the molecule is CCCNC(=O)NS(=O)(=O)c1cc(Nc2ccc(F)cc2C)c(C(=O)N2CCC(c3ccc(F)cc3)CC2)cn1. The van der Waals surface area contributed by atoms with Crippen molar-refractivity contribution in [2.75, 3.05) is 25.0 Å². The first kappa shape index (κ1) is 28.9. The van der Waals surface area contributed by atoms with E-state index in [9.17, 15) is 26.8 Å². The van der Waals surface area contributed by atoms with Crippen molar-refractivity contribution in [1.82, 2.24) is 19.9 Å². The molecule has 3 amide bonds. The normalized spacial score (nSPS) is 14.1. The average Bonchev–Trinajstić information content (AvgIpc) is 2.93. The van der Waals surface area contributed by atoms with Crippen LogP contribution in [0.2, 0.25) is 0 Å². The quantitative estimate of drug-likeness (QED) is 0.356. The van der Waals surface area contributed by atoms with Crippen LogP contribution in [-0.4, -0.2) is 49.9 Å². The maximum absolute atomic E-state index is 13.7. The molecule has 9 nitrogen and oxygen atoms in total. The standard InChI is InChI=1S/C28H31F2N5O4S/c1-3-12-31-28(37)34-40(38,39)26-16-25(33-24-9-8-22(30)15-18(24)2)23(17-32-26)27(36)35-13-10-20(11-14-35)19-4-6-21(29)7-5-19/h4-9,15-17,20H,3,10-14H2,1-2H3,(H,32,33)(H2,31,34,37). The molecule has 212 valence electrons. The van der Waals surface area contributed by atoms with Crippen molar-refractivity contribution in [3.05, 3.63) is 83.1 Å². The number of anilines is 2. The molecule has 1 aromatic heterocycles. The number of nitrogens with zero attached hydrogens (tertiary/aromatic N) is 2. The molecule has 0 radical (unpaired) electrons. The number of halogens is 2. The van der Waals surface area contributed by atoms with Crippen LogP contribution >= 0.6 is 0 Å². The molecule has 3 aromatic rings. The molecule has 0 unspecified atom stereocenters. The van der Waals surface area contributed by atoms with Crippen LogP contribution < -0.4 is 15.4 Å². The fraction of sp³-hybridized carbons (Fsp3) is 0.321. The van der Waals surface area contributed by atoms with Gasteiger partial charge in [-0.1, -0.05) is 19.1 Å². The minimum Gasteiger partial charge on any atom is -0.355 e. The van der Waals surface area contributed by atoms with Crippen LogP contribution in [0.5, 0.6) is 0 Å². The number of benzene rings is 2. The summed E-state index contributed by atoms with van der Waals surface area (Å²) in [6.45, 7) is 4.67. The third-order valence-corrected chi connectivity index (χ3v) is 7.96. The lowest BCUT2D eigenvalue weighted by atomic mass is 9.89. The maximum atomic E-state index is 13.7. The second kappa shape index (κ2) is 12.4. The lowest BCUT2D eigenvalue weighted by Gasteiger charge is -2.32. The molecule has 1 fully saturated rings. The second-order valence-corrected chi connectivity index (χ2v) is 11.3. The van der Waals surface area contributed by atoms with Crippen LogP contribution in [0.25, 0.3) is 0 Å². The maximum Gasteiger partial charge on any atom is 0.328 e. The van der Waals surface area contributed by atoms with Gasteiger partial charge in [0.1, 0.15) is 11.6 Å². The molecule has 12 heteroatoms. The number of sulfonamides is 1. The van der Waals surface area contributed by atoms with Gasteiger partial charge in [-0.2, -0.15) is 8.42 Å². The highest BCUT2D eigenvalue weighted by Crippen LogP contribution is 2.31. The number of nitrogens with one attached hydrogen (secondary N) is 3. The number of aromatic nitrogens is 1. The number of carbonyl (C=O) groups excluding carboxylic acids is 2. The summed E-state index contributed by atoms with van der Waals surface area (Å²) in [7, 11) is -4.35. The van der Waals surface area contributed by atoms with E-state index in [2.05, 4.69) is 15.6 Å². The summed E-state index contributed by atoms with van der Waals surface area (Å²) in [6, 6.07) is 10.7. The van der Waals surface area contributed by atoms with Gasteiger partial charge in [0.2, 0.25) is 0 Å². The monoisotopic (exact) mass is 571 g/mol. The third-order valence-electron chi connectivity index (χ3n) is 6.73. The van der Waals surface area contributed by atoms with E-state index in [1.54, 1.807) is 24.0 Å². The highest BCUT2D eigenvalue weighted by atomic mass is 32.2. The summed E-state index contributed by atoms with van der Waals surface area (Å²) in [4.78, 5) is 31.3. The predicted octanol–water partition coefficient (Wildman–Crippen LogP) is 4.83. The van der Waals surface area contributed by atoms with E-state index < -0.39 is 26.9 Å². The molecule has 0 aliphatic carbocycles. The predicted molar refractivity (Wildman–Crippen MR) is 147 cm³/mol. The fourth-order valence-corrected chi connectivity index (χ4v) is 5.42. The zero-order chi connectivity index (χ0) is 28.9. The molecule has 4 rings (SSSR count). The minimum atomic E-state index is -4.35. The number of pyridine rings is 1. The molecule has 1 aliphatic rings. The summed E-state index contributed by atoms with van der Waals surface area (Å²) < 4.78 is 54.7. The zero-order valence-corrected chi connectivity index (χ0v) is 23.0. The van der Waals surface area contributed by atoms with E-state index in [-0.39, 0.29) is 35.4 Å². The van der Waals surface area contributed by atoms with Crippen LogP contribution in [0.3, 0.4) is 0 Å². The molecule has 0 spiro atoms. The fourth-order valence-electron chi connectivity index (χ4n) is 4.54. The first-order valence-corrected chi connectivity index (χ1v) is 14.4. The summed E-state index contributed by atoms with van der Waals surface area (Å²) in [5, 5.41) is 5.01. The number of aryl methyl sites for hydroxylation is 1. The molecule has 0 saturated carbocycles. The molecule has 0 atom stereocenters. The Bertz CT molecular complexity index is 1490. The number of carbonyl (C=O) groups is 2. The van der Waals surface area contributed by atoms with Crippen LogP contribution in [0.15, 0.2) is 59.8 Å². The van der Waals surface area contributed by atoms with Crippen molar-refractivity contribution in [3.8, 4) is 0 Å².